The van der Waals surface area contributed by atoms with E-state index >= 15 is 0 Å². The van der Waals surface area contributed by atoms with Crippen LogP contribution >= 0.6 is 0 Å². The molecule has 2 rings (SSSR count). The van der Waals surface area contributed by atoms with Gasteiger partial charge >= 0.3 is 6.09 Å². The number of nitrogens with one attached hydrogen (secondary N) is 3. The summed E-state index contributed by atoms with van der Waals surface area (Å²) in [4.78, 5) is 21.5. The molecule has 0 radical (unpaired) electrons. The molecule has 1 aromatic heterocycles. The van der Waals surface area contributed by atoms with Crippen LogP contribution in [-0.4, -0.2) is 76.2 Å². The summed E-state index contributed by atoms with van der Waals surface area (Å²) in [6.45, 7) is 3.99. The van der Waals surface area contributed by atoms with Gasteiger partial charge in [-0.1, -0.05) is 0 Å². The van der Waals surface area contributed by atoms with Crippen LogP contribution in [0.25, 0.3) is 0 Å². The largest absolute Gasteiger partial charge is 0.450 e. The molecule has 11 heteroatoms. The van der Waals surface area contributed by atoms with Gasteiger partial charge in [0.15, 0.2) is 5.96 Å². The maximum Gasteiger partial charge on any atom is 0.409 e. The average Bonchev–Trinajstić information content (AvgIpc) is 2.71. The van der Waals surface area contributed by atoms with E-state index in [0.717, 1.165) is 12.8 Å². The van der Waals surface area contributed by atoms with Crippen LogP contribution in [0, 0.1) is 0 Å². The van der Waals surface area contributed by atoms with E-state index in [9.17, 15) is 13.2 Å². The molecule has 0 unspecified atom stereocenters. The molecule has 3 N–H and O–H groups in total. The van der Waals surface area contributed by atoms with Crippen LogP contribution in [0.15, 0.2) is 34.4 Å². The highest BCUT2D eigenvalue weighted by Crippen LogP contribution is 2.11. The summed E-state index contributed by atoms with van der Waals surface area (Å²) < 4.78 is 31.8. The van der Waals surface area contributed by atoms with Crippen molar-refractivity contribution in [3.8, 4) is 0 Å². The van der Waals surface area contributed by atoms with Crippen molar-refractivity contribution >= 4 is 22.1 Å². The summed E-state index contributed by atoms with van der Waals surface area (Å²) in [6, 6.07) is 3.25. The summed E-state index contributed by atoms with van der Waals surface area (Å²) in [5.74, 6) is 0.593. The molecule has 1 amide bonds. The second-order valence-corrected chi connectivity index (χ2v) is 7.96. The van der Waals surface area contributed by atoms with Crippen molar-refractivity contribution in [3.63, 3.8) is 0 Å². The van der Waals surface area contributed by atoms with Crippen LogP contribution in [0.5, 0.6) is 0 Å². The van der Waals surface area contributed by atoms with Crippen molar-refractivity contribution in [2.24, 2.45) is 4.99 Å². The fourth-order valence-corrected chi connectivity index (χ4v) is 3.76. The molecule has 0 bridgehead atoms. The lowest BCUT2D eigenvalue weighted by Crippen LogP contribution is -2.50. The number of hydrogen-bond acceptors (Lipinski definition) is 6. The predicted molar refractivity (Wildman–Crippen MR) is 106 cm³/mol. The Morgan fingerprint density at radius 1 is 1.36 bits per heavy atom. The van der Waals surface area contributed by atoms with Gasteiger partial charge in [0.2, 0.25) is 10.0 Å². The average molecular weight is 413 g/mol. The van der Waals surface area contributed by atoms with Crippen molar-refractivity contribution in [3.05, 3.63) is 24.5 Å². The SMILES string of the molecule is CCOC(=O)N1CCC(NC(=NC)NCCNS(=O)(=O)c2cccnc2)CC1. The number of amides is 1. The van der Waals surface area contributed by atoms with Crippen LogP contribution in [-0.2, 0) is 14.8 Å². The number of carbonyl (C=O) groups is 1. The summed E-state index contributed by atoms with van der Waals surface area (Å²) in [6.07, 6.45) is 4.12. The van der Waals surface area contributed by atoms with E-state index < -0.39 is 10.0 Å². The number of carbonyl (C=O) groups excluding carboxylic acids is 1. The van der Waals surface area contributed by atoms with Gasteiger partial charge in [0.25, 0.3) is 0 Å². The van der Waals surface area contributed by atoms with Gasteiger partial charge in [-0.25, -0.2) is 17.9 Å². The lowest BCUT2D eigenvalue weighted by Gasteiger charge is -2.32. The van der Waals surface area contributed by atoms with Gasteiger partial charge < -0.3 is 20.3 Å². The second kappa shape index (κ2) is 10.8. The molecule has 1 saturated heterocycles. The molecule has 1 aliphatic heterocycles. The Morgan fingerprint density at radius 3 is 2.71 bits per heavy atom. The number of guanidine groups is 1. The first-order chi connectivity index (χ1) is 13.5. The fourth-order valence-electron chi connectivity index (χ4n) is 2.76. The Morgan fingerprint density at radius 2 is 2.11 bits per heavy atom. The first-order valence-corrected chi connectivity index (χ1v) is 10.7. The molecule has 1 aliphatic rings. The third-order valence-electron chi connectivity index (χ3n) is 4.24. The van der Waals surface area contributed by atoms with Crippen LogP contribution in [0.4, 0.5) is 4.79 Å². The molecule has 0 saturated carbocycles. The van der Waals surface area contributed by atoms with Gasteiger partial charge in [-0.05, 0) is 31.9 Å². The zero-order valence-corrected chi connectivity index (χ0v) is 17.0. The molecule has 1 aromatic rings. The molecule has 28 heavy (non-hydrogen) atoms. The summed E-state index contributed by atoms with van der Waals surface area (Å²) in [5, 5.41) is 6.39. The van der Waals surface area contributed by atoms with Crippen molar-refractivity contribution in [2.75, 3.05) is 39.8 Å². The number of pyridine rings is 1. The standard InChI is InChI=1S/C17H28N6O4S/c1-3-27-17(24)23-11-6-14(7-12-23)22-16(18-2)20-9-10-21-28(25,26)15-5-4-8-19-13-15/h4-5,8,13-14,21H,3,6-7,9-12H2,1-2H3,(H2,18,20,22). The third-order valence-corrected chi connectivity index (χ3v) is 5.69. The highest BCUT2D eigenvalue weighted by molar-refractivity contribution is 7.89. The van der Waals surface area contributed by atoms with E-state index in [4.69, 9.17) is 4.74 Å². The Kier molecular flexibility index (Phi) is 8.45. The Hall–Kier alpha value is -2.40. The molecule has 2 heterocycles. The van der Waals surface area contributed by atoms with Gasteiger partial charge in [-0.3, -0.25) is 9.98 Å². The first kappa shape index (κ1) is 21.9. The van der Waals surface area contributed by atoms with E-state index in [1.54, 1.807) is 24.9 Å². The minimum absolute atomic E-state index is 0.130. The smallest absolute Gasteiger partial charge is 0.409 e. The Labute approximate surface area is 165 Å². The van der Waals surface area contributed by atoms with Crippen LogP contribution < -0.4 is 15.4 Å². The molecule has 0 spiro atoms. The molecular formula is C17H28N6O4S. The van der Waals surface area contributed by atoms with Gasteiger partial charge in [0, 0.05) is 51.7 Å². The first-order valence-electron chi connectivity index (χ1n) is 9.25. The third kappa shape index (κ3) is 6.64. The van der Waals surface area contributed by atoms with Crippen LogP contribution in [0.1, 0.15) is 19.8 Å². The lowest BCUT2D eigenvalue weighted by molar-refractivity contribution is 0.0963. The molecule has 0 atom stereocenters. The van der Waals surface area contributed by atoms with E-state index in [1.807, 2.05) is 0 Å². The lowest BCUT2D eigenvalue weighted by atomic mass is 10.1. The summed E-state index contributed by atoms with van der Waals surface area (Å²) in [5.41, 5.74) is 0. The number of sulfonamides is 1. The van der Waals surface area contributed by atoms with Gasteiger partial charge in [-0.2, -0.15) is 0 Å². The maximum atomic E-state index is 12.1. The van der Waals surface area contributed by atoms with Gasteiger partial charge in [0.1, 0.15) is 4.90 Å². The van der Waals surface area contributed by atoms with Crippen LogP contribution in [0.3, 0.4) is 0 Å². The highest BCUT2D eigenvalue weighted by Gasteiger charge is 2.24. The molecule has 0 aliphatic carbocycles. The summed E-state index contributed by atoms with van der Waals surface area (Å²) >= 11 is 0. The maximum absolute atomic E-state index is 12.1. The van der Waals surface area contributed by atoms with Crippen molar-refractivity contribution in [2.45, 2.75) is 30.7 Å². The number of piperidine rings is 1. The van der Waals surface area contributed by atoms with Gasteiger partial charge in [0.05, 0.1) is 6.61 Å². The number of nitrogens with zero attached hydrogens (tertiary/aromatic N) is 3. The zero-order valence-electron chi connectivity index (χ0n) is 16.2. The van der Waals surface area contributed by atoms with Crippen LogP contribution in [0.2, 0.25) is 0 Å². The normalized spacial score (nSPS) is 15.9. The Bertz CT molecular complexity index is 748. The number of aromatic nitrogens is 1. The van der Waals surface area contributed by atoms with E-state index in [-0.39, 0.29) is 23.6 Å². The monoisotopic (exact) mass is 412 g/mol. The molecule has 156 valence electrons. The minimum atomic E-state index is -3.57. The van der Waals surface area contributed by atoms with E-state index in [0.29, 0.717) is 32.2 Å². The zero-order chi connectivity index (χ0) is 20.4. The second-order valence-electron chi connectivity index (χ2n) is 6.19. The molecule has 1 fully saturated rings. The van der Waals surface area contributed by atoms with E-state index in [1.165, 1.54) is 18.5 Å². The molecule has 10 nitrogen and oxygen atoms in total. The predicted octanol–water partition coefficient (Wildman–Crippen LogP) is 0.146. The number of ether oxygens (including phenoxy) is 1. The number of hydrogen-bond donors (Lipinski definition) is 3. The molecular weight excluding hydrogens is 384 g/mol. The quantitative estimate of drug-likeness (QED) is 0.331. The minimum Gasteiger partial charge on any atom is -0.450 e. The Balaban J connectivity index is 1.70. The number of aliphatic imine (C=N–C) groups is 1. The number of likely N-dealkylation sites (tertiary alicyclic amines) is 1. The summed E-state index contributed by atoms with van der Waals surface area (Å²) in [7, 11) is -1.92. The van der Waals surface area contributed by atoms with E-state index in [2.05, 4.69) is 25.3 Å². The topological polar surface area (TPSA) is 125 Å². The van der Waals surface area contributed by atoms with Crippen molar-refractivity contribution < 1.29 is 17.9 Å². The van der Waals surface area contributed by atoms with Gasteiger partial charge in [-0.15, -0.1) is 0 Å². The van der Waals surface area contributed by atoms with Crippen molar-refractivity contribution in [1.82, 2.24) is 25.2 Å². The number of rotatable bonds is 7. The fraction of sp³-hybridized carbons (Fsp3) is 0.588. The van der Waals surface area contributed by atoms with Crippen molar-refractivity contribution in [1.29, 1.82) is 0 Å². The highest BCUT2D eigenvalue weighted by atomic mass is 32.2. The molecule has 0 aromatic carbocycles.